The van der Waals surface area contributed by atoms with Crippen molar-refractivity contribution in [2.75, 3.05) is 0 Å². The molecule has 0 aliphatic heterocycles. The first-order valence-corrected chi connectivity index (χ1v) is 9.43. The van der Waals surface area contributed by atoms with Crippen LogP contribution in [0.4, 0.5) is 0 Å². The van der Waals surface area contributed by atoms with Gasteiger partial charge in [0.15, 0.2) is 0 Å². The summed E-state index contributed by atoms with van der Waals surface area (Å²) in [7, 11) is 0. The van der Waals surface area contributed by atoms with E-state index in [1.54, 1.807) is 0 Å². The van der Waals surface area contributed by atoms with Crippen LogP contribution >= 0.6 is 11.6 Å². The maximum Gasteiger partial charge on any atom is 0.307 e. The van der Waals surface area contributed by atoms with Gasteiger partial charge < -0.3 is 9.67 Å². The molecule has 1 N–H and O–H groups in total. The first kappa shape index (κ1) is 17.1. The molecule has 1 heterocycles. The van der Waals surface area contributed by atoms with Gasteiger partial charge in [0.1, 0.15) is 0 Å². The number of carbonyl (C=O) groups is 1. The van der Waals surface area contributed by atoms with Crippen LogP contribution in [0.5, 0.6) is 0 Å². The molecule has 26 heavy (non-hydrogen) atoms. The van der Waals surface area contributed by atoms with Crippen molar-refractivity contribution < 1.29 is 9.90 Å². The molecule has 2 atom stereocenters. The van der Waals surface area contributed by atoms with Crippen LogP contribution in [0.15, 0.2) is 48.5 Å². The summed E-state index contributed by atoms with van der Waals surface area (Å²) >= 11 is 6.31. The van der Waals surface area contributed by atoms with Gasteiger partial charge in [-0.2, -0.15) is 0 Å². The van der Waals surface area contributed by atoms with Crippen molar-refractivity contribution in [1.29, 1.82) is 0 Å². The zero-order valence-electron chi connectivity index (χ0n) is 14.4. The monoisotopic (exact) mass is 368 g/mol. The van der Waals surface area contributed by atoms with Gasteiger partial charge in [-0.1, -0.05) is 49.2 Å². The van der Waals surface area contributed by atoms with Crippen molar-refractivity contribution >= 4 is 28.6 Å². The van der Waals surface area contributed by atoms with Gasteiger partial charge in [0, 0.05) is 0 Å². The third-order valence-electron chi connectivity index (χ3n) is 5.44. The minimum absolute atomic E-state index is 0.118. The molecule has 0 spiro atoms. The van der Waals surface area contributed by atoms with Crippen molar-refractivity contribution in [3.05, 3.63) is 64.9 Å². The van der Waals surface area contributed by atoms with Gasteiger partial charge >= 0.3 is 5.97 Å². The second-order valence-electron chi connectivity index (χ2n) is 7.03. The Hall–Kier alpha value is -2.33. The number of benzene rings is 2. The topological polar surface area (TPSA) is 55.1 Å². The minimum atomic E-state index is -0.671. The zero-order chi connectivity index (χ0) is 18.1. The Morgan fingerprint density at radius 3 is 2.62 bits per heavy atom. The Morgan fingerprint density at radius 1 is 1.12 bits per heavy atom. The van der Waals surface area contributed by atoms with Crippen LogP contribution < -0.4 is 0 Å². The number of halogens is 1. The molecule has 3 aromatic rings. The summed E-state index contributed by atoms with van der Waals surface area (Å²) in [6, 6.07) is 16.2. The van der Waals surface area contributed by atoms with E-state index in [2.05, 4.69) is 29.2 Å². The Balaban J connectivity index is 1.58. The van der Waals surface area contributed by atoms with Crippen molar-refractivity contribution in [3.63, 3.8) is 0 Å². The Kier molecular flexibility index (Phi) is 4.68. The second-order valence-corrected chi connectivity index (χ2v) is 7.37. The molecule has 134 valence electrons. The molecule has 1 aliphatic carbocycles. The summed E-state index contributed by atoms with van der Waals surface area (Å²) < 4.78 is 1.99. The molecule has 0 saturated heterocycles. The van der Waals surface area contributed by atoms with E-state index in [1.807, 2.05) is 28.8 Å². The highest BCUT2D eigenvalue weighted by Crippen LogP contribution is 2.38. The van der Waals surface area contributed by atoms with Crippen LogP contribution in [0.25, 0.3) is 11.0 Å². The number of rotatable bonds is 4. The molecule has 0 unspecified atom stereocenters. The van der Waals surface area contributed by atoms with E-state index in [-0.39, 0.29) is 11.8 Å². The van der Waals surface area contributed by atoms with Crippen LogP contribution in [0, 0.1) is 5.92 Å². The molecule has 1 saturated carbocycles. The zero-order valence-corrected chi connectivity index (χ0v) is 15.2. The Labute approximate surface area is 157 Å². The molecule has 4 rings (SSSR count). The van der Waals surface area contributed by atoms with E-state index in [0.717, 1.165) is 47.8 Å². The fourth-order valence-electron chi connectivity index (χ4n) is 4.07. The lowest BCUT2D eigenvalue weighted by molar-refractivity contribution is -0.143. The summed E-state index contributed by atoms with van der Waals surface area (Å²) in [6.45, 7) is 0.645. The summed E-state index contributed by atoms with van der Waals surface area (Å²) in [6.07, 6.45) is 3.84. The fourth-order valence-corrected chi connectivity index (χ4v) is 4.32. The first-order chi connectivity index (χ1) is 12.6. The lowest BCUT2D eigenvalue weighted by Crippen LogP contribution is -2.25. The fraction of sp³-hybridized carbons (Fsp3) is 0.333. The molecule has 0 bridgehead atoms. The Bertz CT molecular complexity index is 933. The van der Waals surface area contributed by atoms with Crippen LogP contribution in [0.2, 0.25) is 5.28 Å². The van der Waals surface area contributed by atoms with Crippen molar-refractivity contribution in [2.24, 2.45) is 5.92 Å². The smallest absolute Gasteiger partial charge is 0.307 e. The predicted octanol–water partition coefficient (Wildman–Crippen LogP) is 5.10. The van der Waals surface area contributed by atoms with Crippen molar-refractivity contribution in [3.8, 4) is 0 Å². The number of nitrogens with zero attached hydrogens (tertiary/aromatic N) is 2. The lowest BCUT2D eigenvalue weighted by atomic mass is 9.75. The number of hydrogen-bond acceptors (Lipinski definition) is 2. The largest absolute Gasteiger partial charge is 0.481 e. The number of para-hydroxylation sites is 2. The number of aliphatic carboxylic acids is 1. The van der Waals surface area contributed by atoms with Gasteiger partial charge in [-0.05, 0) is 53.6 Å². The maximum absolute atomic E-state index is 11.6. The van der Waals surface area contributed by atoms with Gasteiger partial charge in [-0.15, -0.1) is 0 Å². The molecule has 0 radical (unpaired) electrons. The molecular formula is C21H21ClN2O2. The molecule has 0 amide bonds. The quantitative estimate of drug-likeness (QED) is 0.697. The van der Waals surface area contributed by atoms with E-state index >= 15 is 0 Å². The second kappa shape index (κ2) is 7.12. The average molecular weight is 369 g/mol. The van der Waals surface area contributed by atoms with Gasteiger partial charge in [0.2, 0.25) is 5.28 Å². The molecule has 1 fully saturated rings. The van der Waals surface area contributed by atoms with Crippen LogP contribution in [0.3, 0.4) is 0 Å². The normalized spacial score (nSPS) is 20.3. The maximum atomic E-state index is 11.6. The number of hydrogen-bond donors (Lipinski definition) is 1. The minimum Gasteiger partial charge on any atom is -0.481 e. The summed E-state index contributed by atoms with van der Waals surface area (Å²) in [4.78, 5) is 15.9. The van der Waals surface area contributed by atoms with Gasteiger partial charge in [0.25, 0.3) is 0 Å². The SMILES string of the molecule is O=C(O)[C@@H]1CCCC[C@H]1c1ccc(Cn2c(Cl)nc3ccccc32)cc1. The van der Waals surface area contributed by atoms with E-state index in [9.17, 15) is 9.90 Å². The van der Waals surface area contributed by atoms with Gasteiger partial charge in [-0.25, -0.2) is 4.98 Å². The predicted molar refractivity (Wildman–Crippen MR) is 103 cm³/mol. The average Bonchev–Trinajstić information content (AvgIpc) is 2.98. The van der Waals surface area contributed by atoms with Crippen LogP contribution in [-0.4, -0.2) is 20.6 Å². The van der Waals surface area contributed by atoms with Crippen LogP contribution in [-0.2, 0) is 11.3 Å². The first-order valence-electron chi connectivity index (χ1n) is 9.06. The van der Waals surface area contributed by atoms with E-state index in [0.29, 0.717) is 11.8 Å². The van der Waals surface area contributed by atoms with E-state index in [1.165, 1.54) is 0 Å². The van der Waals surface area contributed by atoms with E-state index < -0.39 is 5.97 Å². The van der Waals surface area contributed by atoms with Gasteiger partial charge in [0.05, 0.1) is 23.5 Å². The van der Waals surface area contributed by atoms with Gasteiger partial charge in [-0.3, -0.25) is 4.79 Å². The highest BCUT2D eigenvalue weighted by Gasteiger charge is 2.31. The number of fused-ring (bicyclic) bond motifs is 1. The molecule has 5 heteroatoms. The summed E-state index contributed by atoms with van der Waals surface area (Å²) in [5.74, 6) is -0.815. The summed E-state index contributed by atoms with van der Waals surface area (Å²) in [5, 5.41) is 9.98. The van der Waals surface area contributed by atoms with Crippen LogP contribution in [0.1, 0.15) is 42.7 Å². The number of imidazole rings is 1. The third-order valence-corrected chi connectivity index (χ3v) is 5.73. The van der Waals surface area contributed by atoms with Crippen molar-refractivity contribution in [1.82, 2.24) is 9.55 Å². The molecular weight excluding hydrogens is 348 g/mol. The number of carboxylic acid groups (broad SMARTS) is 1. The number of aromatic nitrogens is 2. The third kappa shape index (κ3) is 3.21. The highest BCUT2D eigenvalue weighted by atomic mass is 35.5. The molecule has 1 aliphatic rings. The van der Waals surface area contributed by atoms with Crippen molar-refractivity contribution in [2.45, 2.75) is 38.1 Å². The Morgan fingerprint density at radius 2 is 1.85 bits per heavy atom. The summed E-state index contributed by atoms with van der Waals surface area (Å²) in [5.41, 5.74) is 4.16. The molecule has 2 aromatic carbocycles. The molecule has 4 nitrogen and oxygen atoms in total. The highest BCUT2D eigenvalue weighted by molar-refractivity contribution is 6.29. The van der Waals surface area contributed by atoms with E-state index in [4.69, 9.17) is 11.6 Å². The standard InChI is InChI=1S/C21H21ClN2O2/c22-21-23-18-7-3-4-8-19(18)24(21)13-14-9-11-15(12-10-14)16-5-1-2-6-17(16)20(25)26/h3-4,7-12,16-17H,1-2,5-6,13H2,(H,25,26)/t16-,17+/m0/s1. The number of carboxylic acids is 1. The lowest BCUT2D eigenvalue weighted by Gasteiger charge is -2.29. The molecule has 1 aromatic heterocycles.